The topological polar surface area (TPSA) is 82.3 Å². The Hall–Kier alpha value is -3.69. The van der Waals surface area contributed by atoms with Gasteiger partial charge in [0, 0.05) is 37.4 Å². The molecule has 2 N–H and O–H groups in total. The van der Waals surface area contributed by atoms with Crippen LogP contribution in [0.15, 0.2) is 85.2 Å². The summed E-state index contributed by atoms with van der Waals surface area (Å²) in [7, 11) is 0. The molecule has 0 amide bonds. The molecular weight excluding hydrogens is 545 g/mol. The van der Waals surface area contributed by atoms with Gasteiger partial charge in [0.25, 0.3) is 0 Å². The van der Waals surface area contributed by atoms with E-state index in [2.05, 4.69) is 25.1 Å². The zero-order chi connectivity index (χ0) is 27.6. The number of rotatable bonds is 7. The summed E-state index contributed by atoms with van der Waals surface area (Å²) in [4.78, 5) is 18.7. The third-order valence-electron chi connectivity index (χ3n) is 7.21. The zero-order valence-corrected chi connectivity index (χ0v) is 23.5. The number of hydrogen-bond donors (Lipinski definition) is 2. The number of nitrogens with one attached hydrogen (secondary N) is 1. The van der Waals surface area contributed by atoms with E-state index in [9.17, 15) is 5.11 Å². The molecule has 204 valence electrons. The first-order valence-corrected chi connectivity index (χ1v) is 14.0. The first-order chi connectivity index (χ1) is 19.5. The minimum atomic E-state index is -0.670. The second kappa shape index (κ2) is 11.4. The number of nitrogens with zero attached hydrogens (tertiary/aromatic N) is 6. The van der Waals surface area contributed by atoms with E-state index in [4.69, 9.17) is 28.2 Å². The van der Waals surface area contributed by atoms with Crippen molar-refractivity contribution in [1.29, 1.82) is 0 Å². The summed E-state index contributed by atoms with van der Waals surface area (Å²) in [5, 5.41) is 15.5. The minimum Gasteiger partial charge on any atom is -0.390 e. The van der Waals surface area contributed by atoms with Gasteiger partial charge in [-0.1, -0.05) is 77.8 Å². The highest BCUT2D eigenvalue weighted by atomic mass is 35.5. The van der Waals surface area contributed by atoms with Gasteiger partial charge in [0.2, 0.25) is 0 Å². The molecule has 0 aliphatic carbocycles. The van der Waals surface area contributed by atoms with E-state index in [0.717, 1.165) is 35.9 Å². The van der Waals surface area contributed by atoms with Crippen LogP contribution in [0.2, 0.25) is 10.0 Å². The van der Waals surface area contributed by atoms with Crippen molar-refractivity contribution in [1.82, 2.24) is 24.4 Å². The predicted molar refractivity (Wildman–Crippen MR) is 161 cm³/mol. The fraction of sp³-hybridized carbons (Fsp3) is 0.233. The van der Waals surface area contributed by atoms with E-state index in [1.165, 1.54) is 0 Å². The third kappa shape index (κ3) is 5.11. The van der Waals surface area contributed by atoms with Crippen molar-refractivity contribution < 1.29 is 5.11 Å². The molecule has 1 aliphatic heterocycles. The average Bonchev–Trinajstić information content (AvgIpc) is 3.39. The molecule has 8 nitrogen and oxygen atoms in total. The Bertz CT molecular complexity index is 1600. The van der Waals surface area contributed by atoms with Gasteiger partial charge in [-0.05, 0) is 31.2 Å². The summed E-state index contributed by atoms with van der Waals surface area (Å²) < 4.78 is 2.04. The van der Waals surface area contributed by atoms with Gasteiger partial charge in [-0.3, -0.25) is 9.47 Å². The van der Waals surface area contributed by atoms with E-state index in [1.807, 2.05) is 77.4 Å². The molecule has 2 unspecified atom stereocenters. The van der Waals surface area contributed by atoms with Gasteiger partial charge in [0.15, 0.2) is 17.0 Å². The number of piperazine rings is 1. The molecule has 2 aromatic heterocycles. The lowest BCUT2D eigenvalue weighted by molar-refractivity contribution is 0.0720. The molecule has 2 atom stereocenters. The van der Waals surface area contributed by atoms with Crippen molar-refractivity contribution in [2.45, 2.75) is 19.2 Å². The van der Waals surface area contributed by atoms with Crippen molar-refractivity contribution in [2.24, 2.45) is 0 Å². The number of aliphatic hydroxyl groups excluding tert-OH is 1. The Kier molecular flexibility index (Phi) is 7.58. The van der Waals surface area contributed by atoms with Crippen LogP contribution in [0.5, 0.6) is 0 Å². The van der Waals surface area contributed by atoms with E-state index in [0.29, 0.717) is 40.1 Å². The minimum absolute atomic E-state index is 0.378. The van der Waals surface area contributed by atoms with E-state index >= 15 is 0 Å². The summed E-state index contributed by atoms with van der Waals surface area (Å²) in [5.74, 6) is 1.34. The molecule has 1 fully saturated rings. The molecule has 5 aromatic rings. The molecule has 0 bridgehead atoms. The van der Waals surface area contributed by atoms with Gasteiger partial charge in [-0.2, -0.15) is 0 Å². The fourth-order valence-electron chi connectivity index (χ4n) is 5.24. The molecule has 0 saturated carbocycles. The molecule has 6 rings (SSSR count). The van der Waals surface area contributed by atoms with Crippen molar-refractivity contribution in [3.05, 3.63) is 95.2 Å². The third-order valence-corrected chi connectivity index (χ3v) is 8.02. The Balaban J connectivity index is 1.32. The Morgan fingerprint density at radius 1 is 0.850 bits per heavy atom. The normalized spacial score (nSPS) is 15.8. The Labute approximate surface area is 242 Å². The van der Waals surface area contributed by atoms with Gasteiger partial charge in [-0.15, -0.1) is 0 Å². The van der Waals surface area contributed by atoms with Gasteiger partial charge in [-0.25, -0.2) is 15.0 Å². The SMILES string of the molecule is CC(O)C(Nc1ncnc2c1nc(-c1ccccc1)n2-c1ccccc1)N1CCN(c2cccc(Cl)c2Cl)CC1. The van der Waals surface area contributed by atoms with Gasteiger partial charge < -0.3 is 15.3 Å². The van der Waals surface area contributed by atoms with Gasteiger partial charge >= 0.3 is 0 Å². The van der Waals surface area contributed by atoms with Gasteiger partial charge in [0.1, 0.15) is 18.3 Å². The lowest BCUT2D eigenvalue weighted by Gasteiger charge is -2.41. The monoisotopic (exact) mass is 573 g/mol. The number of hydrogen-bond acceptors (Lipinski definition) is 7. The number of fused-ring (bicyclic) bond motifs is 1. The summed E-state index contributed by atoms with van der Waals surface area (Å²) in [6.45, 7) is 4.70. The van der Waals surface area contributed by atoms with Crippen molar-refractivity contribution in [3.63, 3.8) is 0 Å². The standard InChI is InChI=1S/C30H29Cl2N7O/c1-20(40)28(38-17-15-37(16-18-38)24-14-8-13-23(31)25(24)32)36-27-26-30(34-19-33-27)39(22-11-6-3-7-12-22)29(35-26)21-9-4-2-5-10-21/h2-14,19-20,28,40H,15-18H2,1H3,(H,33,34,36). The highest BCUT2D eigenvalue weighted by Gasteiger charge is 2.29. The van der Waals surface area contributed by atoms with Crippen LogP contribution in [0.25, 0.3) is 28.2 Å². The lowest BCUT2D eigenvalue weighted by atomic mass is 10.2. The maximum Gasteiger partial charge on any atom is 0.170 e. The fourth-order valence-corrected chi connectivity index (χ4v) is 5.65. The first-order valence-electron chi connectivity index (χ1n) is 13.2. The van der Waals surface area contributed by atoms with Crippen LogP contribution in [0.3, 0.4) is 0 Å². The van der Waals surface area contributed by atoms with E-state index in [1.54, 1.807) is 19.3 Å². The molecule has 3 aromatic carbocycles. The lowest BCUT2D eigenvalue weighted by Crippen LogP contribution is -2.56. The van der Waals surface area contributed by atoms with Crippen molar-refractivity contribution in [2.75, 3.05) is 36.4 Å². The number of para-hydroxylation sites is 1. The molecule has 3 heterocycles. The number of anilines is 2. The average molecular weight is 575 g/mol. The number of halogens is 2. The number of benzene rings is 3. The predicted octanol–water partition coefficient (Wildman–Crippen LogP) is 5.73. The number of aromatic nitrogens is 4. The Morgan fingerprint density at radius 3 is 2.25 bits per heavy atom. The summed E-state index contributed by atoms with van der Waals surface area (Å²) in [6.07, 6.45) is 0.493. The largest absolute Gasteiger partial charge is 0.390 e. The summed E-state index contributed by atoms with van der Waals surface area (Å²) in [6, 6.07) is 25.8. The molecule has 0 spiro atoms. The molecule has 40 heavy (non-hydrogen) atoms. The van der Waals surface area contributed by atoms with Crippen LogP contribution in [-0.4, -0.2) is 68.0 Å². The smallest absolute Gasteiger partial charge is 0.170 e. The molecule has 1 aliphatic rings. The zero-order valence-electron chi connectivity index (χ0n) is 22.0. The van der Waals surface area contributed by atoms with Crippen LogP contribution >= 0.6 is 23.2 Å². The molecular formula is C30H29Cl2N7O. The van der Waals surface area contributed by atoms with Crippen LogP contribution < -0.4 is 10.2 Å². The molecule has 1 saturated heterocycles. The second-order valence-electron chi connectivity index (χ2n) is 9.79. The van der Waals surface area contributed by atoms with Crippen LogP contribution in [-0.2, 0) is 0 Å². The summed E-state index contributed by atoms with van der Waals surface area (Å²) >= 11 is 12.7. The molecule has 0 radical (unpaired) electrons. The van der Waals surface area contributed by atoms with Crippen molar-refractivity contribution in [3.8, 4) is 17.1 Å². The van der Waals surface area contributed by atoms with Crippen molar-refractivity contribution >= 4 is 45.9 Å². The van der Waals surface area contributed by atoms with E-state index < -0.39 is 6.10 Å². The maximum absolute atomic E-state index is 10.9. The summed E-state index contributed by atoms with van der Waals surface area (Å²) in [5.41, 5.74) is 4.18. The van der Waals surface area contributed by atoms with E-state index in [-0.39, 0.29) is 6.17 Å². The molecule has 10 heteroatoms. The first kappa shape index (κ1) is 26.5. The van der Waals surface area contributed by atoms with Crippen LogP contribution in [0.4, 0.5) is 11.5 Å². The quantitative estimate of drug-likeness (QED) is 0.257. The van der Waals surface area contributed by atoms with Crippen LogP contribution in [0, 0.1) is 0 Å². The number of imidazole rings is 1. The highest BCUT2D eigenvalue weighted by molar-refractivity contribution is 6.43. The second-order valence-corrected chi connectivity index (χ2v) is 10.6. The maximum atomic E-state index is 10.9. The highest BCUT2D eigenvalue weighted by Crippen LogP contribution is 2.34. The Morgan fingerprint density at radius 2 is 1.55 bits per heavy atom. The van der Waals surface area contributed by atoms with Gasteiger partial charge in [0.05, 0.1) is 21.8 Å². The number of aliphatic hydroxyl groups is 1. The van der Waals surface area contributed by atoms with Crippen LogP contribution in [0.1, 0.15) is 6.92 Å².